The Kier molecular flexibility index (Phi) is 8.31. The molecule has 5 aromatic carbocycles. The SMILES string of the molecule is O=C1[C@H]2[C@H](CC=C3[C@H]2C[C@@]2(Cl)C(=O)N(c4c(F)c(F)c(F)c(F)c4F)C(=O)[C@@]2(Cl)[C@H]3c2c(O)ccc3ccccc23)C(=O)N1c1ccc(Nc2ccccc2)cc1. The molecule has 4 aliphatic rings. The first-order valence-corrected chi connectivity index (χ1v) is 18.4. The van der Waals surface area contributed by atoms with Crippen molar-refractivity contribution >= 4 is 80.4 Å². The van der Waals surface area contributed by atoms with Crippen LogP contribution in [0, 0.1) is 46.8 Å². The summed E-state index contributed by atoms with van der Waals surface area (Å²) in [5.74, 6) is -22.2. The number of alkyl halides is 2. The van der Waals surface area contributed by atoms with Crippen LogP contribution in [0.15, 0.2) is 103 Å². The van der Waals surface area contributed by atoms with Gasteiger partial charge in [-0.15, -0.1) is 23.2 Å². The number of nitrogens with zero attached hydrogens (tertiary/aromatic N) is 2. The van der Waals surface area contributed by atoms with Gasteiger partial charge in [0, 0.05) is 22.9 Å². The lowest BCUT2D eigenvalue weighted by atomic mass is 9.56. The van der Waals surface area contributed by atoms with Crippen molar-refractivity contribution in [2.45, 2.75) is 28.5 Å². The van der Waals surface area contributed by atoms with Crippen molar-refractivity contribution in [1.82, 2.24) is 0 Å². The zero-order chi connectivity index (χ0) is 40.3. The molecule has 8 nitrogen and oxygen atoms in total. The van der Waals surface area contributed by atoms with E-state index in [1.165, 1.54) is 6.07 Å². The van der Waals surface area contributed by atoms with Crippen LogP contribution in [-0.4, -0.2) is 38.5 Å². The Balaban J connectivity index is 1.19. The number of rotatable bonds is 5. The maximum Gasteiger partial charge on any atom is 0.258 e. The van der Waals surface area contributed by atoms with Crippen molar-refractivity contribution in [3.05, 3.63) is 137 Å². The number of para-hydroxylation sites is 1. The Morgan fingerprint density at radius 3 is 1.96 bits per heavy atom. The minimum Gasteiger partial charge on any atom is -0.508 e. The number of hydrogen-bond donors (Lipinski definition) is 2. The number of benzene rings is 5. The van der Waals surface area contributed by atoms with Crippen molar-refractivity contribution < 1.29 is 46.2 Å². The third-order valence-electron chi connectivity index (χ3n) is 11.6. The fraction of sp³-hybridized carbons (Fsp3) is 0.190. The molecule has 9 rings (SSSR count). The number of carbonyl (C=O) groups excluding carboxylic acids is 4. The third kappa shape index (κ3) is 4.97. The highest BCUT2D eigenvalue weighted by atomic mass is 35.5. The Bertz CT molecular complexity index is 2620. The van der Waals surface area contributed by atoms with E-state index in [9.17, 15) is 37.5 Å². The summed E-state index contributed by atoms with van der Waals surface area (Å²) in [6, 6.07) is 25.2. The van der Waals surface area contributed by atoms with Crippen LogP contribution in [0.25, 0.3) is 10.8 Å². The van der Waals surface area contributed by atoms with Gasteiger partial charge in [0.15, 0.2) is 33.0 Å². The maximum absolute atomic E-state index is 15.4. The number of amides is 4. The van der Waals surface area contributed by atoms with E-state index >= 15 is 8.78 Å². The summed E-state index contributed by atoms with van der Waals surface area (Å²) in [7, 11) is 0. The molecule has 288 valence electrons. The topological polar surface area (TPSA) is 107 Å². The van der Waals surface area contributed by atoms with Crippen molar-refractivity contribution in [2.75, 3.05) is 15.1 Å². The van der Waals surface area contributed by atoms with E-state index in [1.807, 2.05) is 30.3 Å². The van der Waals surface area contributed by atoms with Gasteiger partial charge in [0.1, 0.15) is 11.4 Å². The standard InChI is InChI=1S/C42H26Cl2F5N3O5/c43-41-18-26-24(15-16-25-28(26)38(55)51(37(25)54)22-13-11-21(12-14-22)50-20-7-2-1-3-8-20)30(29-23-9-5-4-6-19(23)10-17-27(29)53)42(41,44)40(57)52(39(41)56)36-34(48)32(46)31(45)33(47)35(36)49/h1-15,17,25-26,28,30,50,53H,16,18H2/t25-,26+,28-,30+,41+,42-/m0/s1. The molecule has 0 aromatic heterocycles. The Hall–Kier alpha value is -5.79. The second kappa shape index (κ2) is 12.9. The zero-order valence-electron chi connectivity index (χ0n) is 29.1. The first-order chi connectivity index (χ1) is 27.2. The Morgan fingerprint density at radius 1 is 0.667 bits per heavy atom. The summed E-state index contributed by atoms with van der Waals surface area (Å²) < 4.78 is 74.3. The van der Waals surface area contributed by atoms with Gasteiger partial charge in [-0.1, -0.05) is 60.2 Å². The quantitative estimate of drug-likeness (QED) is 0.0459. The molecule has 0 spiro atoms. The maximum atomic E-state index is 15.4. The van der Waals surface area contributed by atoms with Gasteiger partial charge in [-0.05, 0) is 72.0 Å². The second-order valence-corrected chi connectivity index (χ2v) is 15.7. The number of phenolic OH excluding ortho intramolecular Hbond substituents is 1. The fourth-order valence-electron chi connectivity index (χ4n) is 9.11. The summed E-state index contributed by atoms with van der Waals surface area (Å²) >= 11 is 14.6. The molecule has 2 aliphatic carbocycles. The lowest BCUT2D eigenvalue weighted by Gasteiger charge is -2.51. The predicted octanol–water partition coefficient (Wildman–Crippen LogP) is 8.75. The number of allylic oxidation sites excluding steroid dienone is 2. The molecule has 2 saturated heterocycles. The van der Waals surface area contributed by atoms with Crippen molar-refractivity contribution in [2.24, 2.45) is 17.8 Å². The van der Waals surface area contributed by atoms with Crippen LogP contribution in [-0.2, 0) is 19.2 Å². The van der Waals surface area contributed by atoms with Gasteiger partial charge in [-0.3, -0.25) is 24.1 Å². The number of carbonyl (C=O) groups is 4. The first-order valence-electron chi connectivity index (χ1n) is 17.7. The van der Waals surface area contributed by atoms with E-state index in [0.717, 1.165) is 10.6 Å². The van der Waals surface area contributed by atoms with Crippen LogP contribution >= 0.6 is 23.2 Å². The number of phenols is 1. The van der Waals surface area contributed by atoms with Gasteiger partial charge in [0.05, 0.1) is 17.5 Å². The Morgan fingerprint density at radius 2 is 1.28 bits per heavy atom. The molecule has 2 aliphatic heterocycles. The monoisotopic (exact) mass is 817 g/mol. The van der Waals surface area contributed by atoms with Crippen molar-refractivity contribution in [3.63, 3.8) is 0 Å². The summed E-state index contributed by atoms with van der Waals surface area (Å²) in [6.07, 6.45) is 0.855. The number of anilines is 4. The Labute approximate surface area is 330 Å². The molecule has 6 atom stereocenters. The minimum atomic E-state index is -2.78. The van der Waals surface area contributed by atoms with E-state index in [4.69, 9.17) is 23.2 Å². The molecule has 57 heavy (non-hydrogen) atoms. The molecule has 2 heterocycles. The first kappa shape index (κ1) is 36.8. The largest absolute Gasteiger partial charge is 0.508 e. The average Bonchev–Trinajstić information content (AvgIpc) is 3.55. The number of nitrogens with one attached hydrogen (secondary N) is 1. The normalized spacial score (nSPS) is 26.8. The summed E-state index contributed by atoms with van der Waals surface area (Å²) in [6.45, 7) is 0. The second-order valence-electron chi connectivity index (χ2n) is 14.5. The lowest BCUT2D eigenvalue weighted by molar-refractivity contribution is -0.125. The molecule has 3 fully saturated rings. The number of fused-ring (bicyclic) bond motifs is 5. The minimum absolute atomic E-state index is 0.0435. The van der Waals surface area contributed by atoms with E-state index in [0.29, 0.717) is 16.5 Å². The van der Waals surface area contributed by atoms with E-state index in [1.54, 1.807) is 60.7 Å². The van der Waals surface area contributed by atoms with Gasteiger partial charge in [-0.25, -0.2) is 26.9 Å². The smallest absolute Gasteiger partial charge is 0.258 e. The van der Waals surface area contributed by atoms with Crippen LogP contribution in [0.1, 0.15) is 24.3 Å². The zero-order valence-corrected chi connectivity index (χ0v) is 30.6. The molecule has 0 unspecified atom stereocenters. The fourth-order valence-corrected chi connectivity index (χ4v) is 10.0. The van der Waals surface area contributed by atoms with Crippen LogP contribution in [0.5, 0.6) is 5.75 Å². The van der Waals surface area contributed by atoms with Gasteiger partial charge in [-0.2, -0.15) is 0 Å². The highest BCUT2D eigenvalue weighted by Crippen LogP contribution is 2.67. The van der Waals surface area contributed by atoms with Gasteiger partial charge in [0.2, 0.25) is 17.6 Å². The highest BCUT2D eigenvalue weighted by molar-refractivity contribution is 6.58. The van der Waals surface area contributed by atoms with E-state index < -0.39 is 104 Å². The third-order valence-corrected chi connectivity index (χ3v) is 13.1. The van der Waals surface area contributed by atoms with Crippen molar-refractivity contribution in [3.8, 4) is 5.75 Å². The van der Waals surface area contributed by atoms with Crippen LogP contribution < -0.4 is 15.1 Å². The predicted molar refractivity (Wildman–Crippen MR) is 201 cm³/mol. The van der Waals surface area contributed by atoms with Crippen LogP contribution in [0.3, 0.4) is 0 Å². The van der Waals surface area contributed by atoms with Crippen LogP contribution in [0.2, 0.25) is 0 Å². The van der Waals surface area contributed by atoms with Gasteiger partial charge < -0.3 is 10.4 Å². The van der Waals surface area contributed by atoms with Gasteiger partial charge in [0.25, 0.3) is 11.8 Å². The molecular formula is C42H26Cl2F5N3O5. The number of aromatic hydroxyl groups is 1. The van der Waals surface area contributed by atoms with E-state index in [-0.39, 0.29) is 28.1 Å². The van der Waals surface area contributed by atoms with E-state index in [2.05, 4.69) is 5.32 Å². The number of imide groups is 2. The summed E-state index contributed by atoms with van der Waals surface area (Å²) in [5, 5.41) is 15.6. The summed E-state index contributed by atoms with van der Waals surface area (Å²) in [5.41, 5.74) is 0.0145. The molecule has 15 heteroatoms. The molecule has 2 N–H and O–H groups in total. The lowest BCUT2D eigenvalue weighted by Crippen LogP contribution is -2.60. The van der Waals surface area contributed by atoms with Crippen molar-refractivity contribution in [1.29, 1.82) is 0 Å². The van der Waals surface area contributed by atoms with Crippen LogP contribution in [0.4, 0.5) is 44.7 Å². The summed E-state index contributed by atoms with van der Waals surface area (Å²) in [4.78, 5) is 53.2. The molecular weight excluding hydrogens is 792 g/mol. The molecule has 1 saturated carbocycles. The highest BCUT2D eigenvalue weighted by Gasteiger charge is 2.77. The molecule has 4 amide bonds. The molecule has 0 bridgehead atoms. The molecule has 5 aromatic rings. The molecule has 0 radical (unpaired) electrons. The van der Waals surface area contributed by atoms with Gasteiger partial charge >= 0.3 is 0 Å². The number of halogens is 7. The number of hydrogen-bond acceptors (Lipinski definition) is 6. The average molecular weight is 819 g/mol.